The highest BCUT2D eigenvalue weighted by molar-refractivity contribution is 5.50. The Morgan fingerprint density at radius 1 is 1.47 bits per heavy atom. The molecule has 0 radical (unpaired) electrons. The SMILES string of the molecule is CCOc1ncnc(N2CCC(C)C(CN)C2)c1C. The predicted molar refractivity (Wildman–Crippen MR) is 76.5 cm³/mol. The number of piperidine rings is 1. The number of anilines is 1. The van der Waals surface area contributed by atoms with E-state index in [0.717, 1.165) is 37.4 Å². The molecule has 0 amide bonds. The smallest absolute Gasteiger partial charge is 0.221 e. The Hall–Kier alpha value is -1.36. The van der Waals surface area contributed by atoms with Crippen LogP contribution in [0.1, 0.15) is 25.8 Å². The van der Waals surface area contributed by atoms with Crippen LogP contribution < -0.4 is 15.4 Å². The third-order valence-electron chi connectivity index (χ3n) is 4.01. The first-order valence-electron chi connectivity index (χ1n) is 7.06. The zero-order valence-corrected chi connectivity index (χ0v) is 12.1. The van der Waals surface area contributed by atoms with E-state index in [0.29, 0.717) is 24.3 Å². The molecule has 1 fully saturated rings. The Balaban J connectivity index is 2.20. The second kappa shape index (κ2) is 6.19. The number of nitrogens with zero attached hydrogens (tertiary/aromatic N) is 3. The standard InChI is InChI=1S/C14H24N4O/c1-4-19-14-11(3)13(16-9-17-14)18-6-5-10(2)12(7-15)8-18/h9-10,12H,4-8,15H2,1-3H3. The lowest BCUT2D eigenvalue weighted by Gasteiger charge is -2.37. The van der Waals surface area contributed by atoms with Gasteiger partial charge in [0.15, 0.2) is 0 Å². The maximum atomic E-state index is 5.87. The Morgan fingerprint density at radius 3 is 2.95 bits per heavy atom. The van der Waals surface area contributed by atoms with Crippen LogP contribution in [0, 0.1) is 18.8 Å². The minimum absolute atomic E-state index is 0.540. The molecule has 1 aromatic rings. The molecular weight excluding hydrogens is 240 g/mol. The summed E-state index contributed by atoms with van der Waals surface area (Å²) < 4.78 is 5.54. The van der Waals surface area contributed by atoms with Crippen LogP contribution in [0.4, 0.5) is 5.82 Å². The number of hydrogen-bond acceptors (Lipinski definition) is 5. The van der Waals surface area contributed by atoms with E-state index in [-0.39, 0.29) is 0 Å². The molecule has 1 aromatic heterocycles. The van der Waals surface area contributed by atoms with Crippen molar-refractivity contribution < 1.29 is 4.74 Å². The highest BCUT2D eigenvalue weighted by Gasteiger charge is 2.27. The molecular formula is C14H24N4O. The number of aromatic nitrogens is 2. The van der Waals surface area contributed by atoms with Crippen LogP contribution in [-0.4, -0.2) is 36.2 Å². The Labute approximate surface area is 115 Å². The summed E-state index contributed by atoms with van der Waals surface area (Å²) in [5, 5.41) is 0. The fourth-order valence-corrected chi connectivity index (χ4v) is 2.68. The van der Waals surface area contributed by atoms with Gasteiger partial charge in [0.05, 0.1) is 12.2 Å². The zero-order chi connectivity index (χ0) is 13.8. The van der Waals surface area contributed by atoms with Crippen molar-refractivity contribution in [3.05, 3.63) is 11.9 Å². The first-order chi connectivity index (χ1) is 9.17. The molecule has 2 atom stereocenters. The van der Waals surface area contributed by atoms with E-state index in [9.17, 15) is 0 Å². The molecule has 5 heteroatoms. The largest absolute Gasteiger partial charge is 0.478 e. The van der Waals surface area contributed by atoms with Crippen molar-refractivity contribution in [1.29, 1.82) is 0 Å². The van der Waals surface area contributed by atoms with Gasteiger partial charge >= 0.3 is 0 Å². The topological polar surface area (TPSA) is 64.3 Å². The lowest BCUT2D eigenvalue weighted by molar-refractivity contribution is 0.304. The second-order valence-electron chi connectivity index (χ2n) is 5.27. The molecule has 1 aliphatic heterocycles. The van der Waals surface area contributed by atoms with E-state index in [1.54, 1.807) is 6.33 Å². The second-order valence-corrected chi connectivity index (χ2v) is 5.27. The van der Waals surface area contributed by atoms with E-state index in [2.05, 4.69) is 21.8 Å². The molecule has 2 heterocycles. The number of nitrogens with two attached hydrogens (primary N) is 1. The molecule has 2 rings (SSSR count). The number of hydrogen-bond donors (Lipinski definition) is 1. The summed E-state index contributed by atoms with van der Waals surface area (Å²) in [5.74, 6) is 2.91. The summed E-state index contributed by atoms with van der Waals surface area (Å²) in [5.41, 5.74) is 6.89. The molecule has 1 saturated heterocycles. The van der Waals surface area contributed by atoms with Crippen LogP contribution in [0.15, 0.2) is 6.33 Å². The van der Waals surface area contributed by atoms with Gasteiger partial charge in [-0.2, -0.15) is 0 Å². The summed E-state index contributed by atoms with van der Waals surface area (Å²) in [6.45, 7) is 9.64. The van der Waals surface area contributed by atoms with Crippen molar-refractivity contribution in [3.63, 3.8) is 0 Å². The van der Waals surface area contributed by atoms with Crippen LogP contribution >= 0.6 is 0 Å². The van der Waals surface area contributed by atoms with Gasteiger partial charge in [0, 0.05) is 13.1 Å². The van der Waals surface area contributed by atoms with Gasteiger partial charge in [-0.25, -0.2) is 9.97 Å². The van der Waals surface area contributed by atoms with Crippen molar-refractivity contribution in [2.24, 2.45) is 17.6 Å². The first-order valence-corrected chi connectivity index (χ1v) is 7.06. The van der Waals surface area contributed by atoms with E-state index in [1.165, 1.54) is 0 Å². The summed E-state index contributed by atoms with van der Waals surface area (Å²) in [6, 6.07) is 0. The minimum Gasteiger partial charge on any atom is -0.478 e. The molecule has 1 aliphatic rings. The molecule has 0 saturated carbocycles. The molecule has 0 bridgehead atoms. The summed E-state index contributed by atoms with van der Waals surface area (Å²) in [4.78, 5) is 10.9. The van der Waals surface area contributed by atoms with E-state index in [1.807, 2.05) is 13.8 Å². The maximum absolute atomic E-state index is 5.87. The highest BCUT2D eigenvalue weighted by Crippen LogP contribution is 2.29. The third kappa shape index (κ3) is 2.97. The fraction of sp³-hybridized carbons (Fsp3) is 0.714. The average Bonchev–Trinajstić information content (AvgIpc) is 2.42. The summed E-state index contributed by atoms with van der Waals surface area (Å²) in [6.07, 6.45) is 2.75. The van der Waals surface area contributed by atoms with Crippen molar-refractivity contribution in [3.8, 4) is 5.88 Å². The predicted octanol–water partition coefficient (Wildman–Crippen LogP) is 1.60. The van der Waals surface area contributed by atoms with Gasteiger partial charge in [-0.1, -0.05) is 6.92 Å². The number of ether oxygens (including phenoxy) is 1. The van der Waals surface area contributed by atoms with Crippen LogP contribution in [-0.2, 0) is 0 Å². The van der Waals surface area contributed by atoms with Gasteiger partial charge in [-0.3, -0.25) is 0 Å². The zero-order valence-electron chi connectivity index (χ0n) is 12.1. The van der Waals surface area contributed by atoms with Crippen LogP contribution in [0.2, 0.25) is 0 Å². The third-order valence-corrected chi connectivity index (χ3v) is 4.01. The fourth-order valence-electron chi connectivity index (χ4n) is 2.68. The molecule has 106 valence electrons. The lowest BCUT2D eigenvalue weighted by atomic mass is 9.87. The molecule has 0 spiro atoms. The summed E-state index contributed by atoms with van der Waals surface area (Å²) in [7, 11) is 0. The van der Waals surface area contributed by atoms with E-state index < -0.39 is 0 Å². The van der Waals surface area contributed by atoms with Gasteiger partial charge in [0.25, 0.3) is 0 Å². The average molecular weight is 264 g/mol. The molecule has 2 N–H and O–H groups in total. The molecule has 0 aromatic carbocycles. The lowest BCUT2D eigenvalue weighted by Crippen LogP contribution is -2.43. The van der Waals surface area contributed by atoms with Crippen molar-refractivity contribution in [2.45, 2.75) is 27.2 Å². The Kier molecular flexibility index (Phi) is 4.58. The molecule has 5 nitrogen and oxygen atoms in total. The monoisotopic (exact) mass is 264 g/mol. The number of rotatable bonds is 4. The Morgan fingerprint density at radius 2 is 2.26 bits per heavy atom. The van der Waals surface area contributed by atoms with Crippen LogP contribution in [0.25, 0.3) is 0 Å². The van der Waals surface area contributed by atoms with Gasteiger partial charge in [-0.15, -0.1) is 0 Å². The van der Waals surface area contributed by atoms with Crippen molar-refractivity contribution in [1.82, 2.24) is 9.97 Å². The van der Waals surface area contributed by atoms with Crippen molar-refractivity contribution in [2.75, 3.05) is 31.1 Å². The van der Waals surface area contributed by atoms with Crippen LogP contribution in [0.3, 0.4) is 0 Å². The molecule has 0 aliphatic carbocycles. The van der Waals surface area contributed by atoms with Gasteiger partial charge in [0.1, 0.15) is 12.1 Å². The van der Waals surface area contributed by atoms with E-state index >= 15 is 0 Å². The maximum Gasteiger partial charge on any atom is 0.221 e. The molecule has 19 heavy (non-hydrogen) atoms. The normalized spacial score (nSPS) is 23.5. The minimum atomic E-state index is 0.540. The van der Waals surface area contributed by atoms with Gasteiger partial charge in [0.2, 0.25) is 5.88 Å². The van der Waals surface area contributed by atoms with Gasteiger partial charge < -0.3 is 15.4 Å². The van der Waals surface area contributed by atoms with E-state index in [4.69, 9.17) is 10.5 Å². The molecule has 2 unspecified atom stereocenters. The quantitative estimate of drug-likeness (QED) is 0.895. The van der Waals surface area contributed by atoms with Crippen molar-refractivity contribution >= 4 is 5.82 Å². The Bertz CT molecular complexity index is 424. The van der Waals surface area contributed by atoms with Gasteiger partial charge in [-0.05, 0) is 38.6 Å². The van der Waals surface area contributed by atoms with Crippen LogP contribution in [0.5, 0.6) is 5.88 Å². The first kappa shape index (κ1) is 14.1. The summed E-state index contributed by atoms with van der Waals surface area (Å²) >= 11 is 0. The highest BCUT2D eigenvalue weighted by atomic mass is 16.5.